The van der Waals surface area contributed by atoms with Crippen molar-refractivity contribution in [2.45, 2.75) is 77.3 Å². The van der Waals surface area contributed by atoms with E-state index in [1.165, 1.54) is 23.5 Å². The number of carbonyl (C=O) groups excluding carboxylic acids is 6. The van der Waals surface area contributed by atoms with Crippen molar-refractivity contribution in [1.82, 2.24) is 55.8 Å². The van der Waals surface area contributed by atoms with Crippen molar-refractivity contribution in [3.63, 3.8) is 0 Å². The second-order valence-corrected chi connectivity index (χ2v) is 29.5. The quantitative estimate of drug-likeness (QED) is 0.0126. The third-order valence-corrected chi connectivity index (χ3v) is 16.7. The SMILES string of the molecule is CNC(=S)N(N)C(C)(C)C.NCc1ccncc1.O=C(Cc1cccc(Cl)c1)c1c[nH]c(C(=O)NCc2ccncc2)c1.O=C(NCc1ccncc1)c1cc(C(=O)C(Br)c2cccc(Cl)c2)c[nH]1.O=C(c1cc(C(O)Cc2cccc(Cl)c2)c[nH]1)C(Cl)(Cl)Cl.O=C(c1ccc[nH]1)C(Cl)(Cl)Cl. The first-order chi connectivity index (χ1) is 47.8. The molecule has 0 aliphatic rings. The zero-order chi connectivity index (χ0) is 74.5. The number of halogens is 10. The van der Waals surface area contributed by atoms with Crippen molar-refractivity contribution in [2.75, 3.05) is 7.05 Å². The molecule has 7 heterocycles. The zero-order valence-electron chi connectivity index (χ0n) is 54.3. The molecular weight excluding hydrogens is 1570 g/mol. The Balaban J connectivity index is 0.000000229. The molecule has 0 spiro atoms. The predicted molar refractivity (Wildman–Crippen MR) is 410 cm³/mol. The maximum absolute atomic E-state index is 12.6. The number of benzene rings is 3. The summed E-state index contributed by atoms with van der Waals surface area (Å²) < 4.78 is -3.90. The lowest BCUT2D eigenvalue weighted by atomic mass is 10.0. The minimum atomic E-state index is -2.03. The van der Waals surface area contributed by atoms with Crippen LogP contribution < -0.4 is 27.5 Å². The summed E-state index contributed by atoms with van der Waals surface area (Å²) in [6.07, 6.45) is 16.1. The molecule has 0 fully saturated rings. The first-order valence-electron chi connectivity index (χ1n) is 30.0. The second kappa shape index (κ2) is 41.6. The number of aromatic nitrogens is 7. The number of H-pyrrole nitrogens is 4. The van der Waals surface area contributed by atoms with Crippen LogP contribution in [0.2, 0.25) is 15.1 Å². The largest absolute Gasteiger partial charge is 0.388 e. The third kappa shape index (κ3) is 29.4. The highest BCUT2D eigenvalue weighted by molar-refractivity contribution is 9.09. The van der Waals surface area contributed by atoms with Crippen LogP contribution in [-0.4, -0.2) is 105 Å². The Kier molecular flexibility index (Phi) is 34.6. The van der Waals surface area contributed by atoms with Crippen LogP contribution in [0.15, 0.2) is 201 Å². The van der Waals surface area contributed by atoms with E-state index in [-0.39, 0.29) is 41.0 Å². The molecule has 0 saturated heterocycles. The molecule has 7 aromatic heterocycles. The summed E-state index contributed by atoms with van der Waals surface area (Å²) in [6.45, 7) is 7.37. The second-order valence-electron chi connectivity index (χ2n) is 22.3. The number of alkyl halides is 7. The summed E-state index contributed by atoms with van der Waals surface area (Å²) in [5.74, 6) is 3.63. The van der Waals surface area contributed by atoms with Gasteiger partial charge >= 0.3 is 0 Å². The molecule has 31 heteroatoms. The molecule has 0 radical (unpaired) electrons. The number of aliphatic hydroxyl groups is 1. The molecule has 2 amide bonds. The Morgan fingerprint density at radius 2 is 1.01 bits per heavy atom. The van der Waals surface area contributed by atoms with Crippen LogP contribution in [0.5, 0.6) is 0 Å². The molecule has 3 aromatic carbocycles. The number of aliphatic hydroxyl groups excluding tert-OH is 1. The van der Waals surface area contributed by atoms with Gasteiger partial charge in [-0.25, -0.2) is 5.84 Å². The number of pyridine rings is 3. The van der Waals surface area contributed by atoms with Gasteiger partial charge in [-0.2, -0.15) is 0 Å². The van der Waals surface area contributed by atoms with Crippen molar-refractivity contribution in [3.8, 4) is 0 Å². The number of hydrogen-bond donors (Lipinski definition) is 10. The van der Waals surface area contributed by atoms with Gasteiger partial charge in [0.05, 0.1) is 17.5 Å². The van der Waals surface area contributed by atoms with E-state index in [9.17, 15) is 33.9 Å². The van der Waals surface area contributed by atoms with Gasteiger partial charge in [0.25, 0.3) is 19.4 Å². The lowest BCUT2D eigenvalue weighted by Gasteiger charge is -2.32. The lowest BCUT2D eigenvalue weighted by Crippen LogP contribution is -2.53. The fraction of sp³-hybridized carbons (Fsp3) is 0.200. The van der Waals surface area contributed by atoms with Gasteiger partial charge < -0.3 is 46.7 Å². The normalized spacial score (nSPS) is 11.4. The van der Waals surface area contributed by atoms with E-state index in [1.807, 2.05) is 75.4 Å². The molecule has 101 heavy (non-hydrogen) atoms. The standard InChI is InChI=1S/C19H15BrClN3O2.C19H16ClN3O2.C14H11Cl4NO2.C6H4Cl3NO.C6H15N3S.C6H8N2/c20-17(13-2-1-3-15(21)8-13)18(25)14-9-16(23-11-14)19(26)24-10-12-4-6-22-7-5-12;20-16-3-1-2-14(8-16)9-18(24)15-10-17(22-12-15)19(25)23-11-13-4-6-21-7-5-13;15-10-3-1-2-8(4-10)5-12(20)9-6-11(19-7-9)13(21)14(16,17)18;7-6(8,9)5(11)4-2-1-3-10-4;1-6(2,3)9(7)5(10)8-4;7-5-6-1-3-8-4-2-6/h1-9,11,17,23H,10H2,(H,24,26);1-8,10,12,22H,9,11H2,(H,23,25);1-4,6-7,12,19-20H,5H2;1-3,10H;7H2,1-4H3,(H,8,10);1-4H,5,7H2. The van der Waals surface area contributed by atoms with Crippen LogP contribution in [0.3, 0.4) is 0 Å². The van der Waals surface area contributed by atoms with E-state index in [2.05, 4.69) is 66.8 Å². The molecule has 10 aromatic rings. The first-order valence-corrected chi connectivity index (χ1v) is 34.8. The van der Waals surface area contributed by atoms with Gasteiger partial charge in [0.15, 0.2) is 16.7 Å². The average molecular weight is 1640 g/mol. The summed E-state index contributed by atoms with van der Waals surface area (Å²) in [7, 11) is 1.76. The van der Waals surface area contributed by atoms with Crippen LogP contribution in [0.4, 0.5) is 0 Å². The fourth-order valence-corrected chi connectivity index (χ4v) is 10.3. The van der Waals surface area contributed by atoms with Crippen molar-refractivity contribution in [2.24, 2.45) is 11.6 Å². The molecule has 0 saturated carbocycles. The van der Waals surface area contributed by atoms with Crippen LogP contribution >= 0.6 is 133 Å². The number of hydrogen-bond acceptors (Lipinski definition) is 13. The van der Waals surface area contributed by atoms with Crippen molar-refractivity contribution < 1.29 is 33.9 Å². The smallest absolute Gasteiger partial charge is 0.267 e. The summed E-state index contributed by atoms with van der Waals surface area (Å²) in [5.41, 5.74) is 13.2. The average Bonchev–Trinajstić information content (AvgIpc) is 1.74. The minimum Gasteiger partial charge on any atom is -0.388 e. The number of amides is 2. The number of thiocarbonyl (C=S) groups is 1. The maximum atomic E-state index is 12.6. The van der Waals surface area contributed by atoms with E-state index in [4.69, 9.17) is 128 Å². The Morgan fingerprint density at radius 3 is 1.46 bits per heavy atom. The van der Waals surface area contributed by atoms with Gasteiger partial charge in [0.1, 0.15) is 16.2 Å². The molecule has 12 N–H and O–H groups in total. The number of nitrogens with zero attached hydrogens (tertiary/aromatic N) is 4. The highest BCUT2D eigenvalue weighted by atomic mass is 79.9. The van der Waals surface area contributed by atoms with Crippen molar-refractivity contribution >= 4 is 173 Å². The minimum absolute atomic E-state index is 0.0771. The Morgan fingerprint density at radius 1 is 0.554 bits per heavy atom. The topological polar surface area (TPSA) is 316 Å². The molecule has 20 nitrogen and oxygen atoms in total. The van der Waals surface area contributed by atoms with E-state index < -0.39 is 30.1 Å². The van der Waals surface area contributed by atoms with Gasteiger partial charge in [-0.3, -0.25) is 48.7 Å². The molecule has 0 aliphatic heterocycles. The summed E-state index contributed by atoms with van der Waals surface area (Å²) in [5, 5.41) is 22.4. The first kappa shape index (κ1) is 84.2. The third-order valence-electron chi connectivity index (χ3n) is 13.6. The van der Waals surface area contributed by atoms with Crippen LogP contribution in [-0.2, 0) is 32.5 Å². The van der Waals surface area contributed by atoms with Crippen molar-refractivity contribution in [3.05, 3.63) is 289 Å². The van der Waals surface area contributed by atoms with Gasteiger partial charge in [-0.1, -0.05) is 157 Å². The molecule has 2 atom stereocenters. The van der Waals surface area contributed by atoms with Gasteiger partial charge in [-0.05, 0) is 175 Å². The van der Waals surface area contributed by atoms with E-state index in [0.717, 1.165) is 33.4 Å². The lowest BCUT2D eigenvalue weighted by molar-refractivity contribution is 0.0938. The van der Waals surface area contributed by atoms with Gasteiger partial charge in [0.2, 0.25) is 11.6 Å². The molecule has 532 valence electrons. The zero-order valence-corrected chi connectivity index (χ0v) is 63.5. The number of ketones is 4. The number of carbonyl (C=O) groups is 6. The van der Waals surface area contributed by atoms with E-state index in [1.54, 1.807) is 135 Å². The Labute approximate surface area is 642 Å². The summed E-state index contributed by atoms with van der Waals surface area (Å²) >= 11 is 58.7. The molecule has 0 aliphatic carbocycles. The van der Waals surface area contributed by atoms with Crippen LogP contribution in [0.1, 0.15) is 133 Å². The van der Waals surface area contributed by atoms with E-state index >= 15 is 0 Å². The maximum Gasteiger partial charge on any atom is 0.267 e. The Bertz CT molecular complexity index is 4290. The Hall–Kier alpha value is -7.49. The molecular formula is C70H69BrCl9N13O7S. The predicted octanol–water partition coefficient (Wildman–Crippen LogP) is 15.8. The molecule has 2 unspecified atom stereocenters. The van der Waals surface area contributed by atoms with Crippen molar-refractivity contribution in [1.29, 1.82) is 0 Å². The number of nitrogens with one attached hydrogen (secondary N) is 7. The van der Waals surface area contributed by atoms with Crippen LogP contribution in [0, 0.1) is 0 Å². The highest BCUT2D eigenvalue weighted by Gasteiger charge is 2.34. The number of nitrogens with two attached hydrogens (primary N) is 2. The summed E-state index contributed by atoms with van der Waals surface area (Å²) in [6, 6.07) is 40.3. The number of Topliss-reactive ketones (excluding diaryl/α,β-unsaturated/α-hetero) is 4. The van der Waals surface area contributed by atoms with E-state index in [0.29, 0.717) is 80.0 Å². The number of rotatable bonds is 18. The highest BCUT2D eigenvalue weighted by Crippen LogP contribution is 2.33. The fourth-order valence-electron chi connectivity index (χ4n) is 8.27. The number of aromatic amines is 4. The van der Waals surface area contributed by atoms with Gasteiger partial charge in [-0.15, -0.1) is 0 Å². The molecule has 10 rings (SSSR count). The monoisotopic (exact) mass is 1630 g/mol. The van der Waals surface area contributed by atoms with Gasteiger partial charge in [0, 0.05) is 133 Å². The summed E-state index contributed by atoms with van der Waals surface area (Å²) in [4.78, 5) is 94.5. The number of hydrazine groups is 1. The molecule has 0 bridgehead atoms. The van der Waals surface area contributed by atoms with Crippen LogP contribution in [0.25, 0.3) is 0 Å².